The zero-order chi connectivity index (χ0) is 16.1. The van der Waals surface area contributed by atoms with Crippen LogP contribution in [-0.4, -0.2) is 74.1 Å². The van der Waals surface area contributed by atoms with E-state index in [0.29, 0.717) is 0 Å². The van der Waals surface area contributed by atoms with Crippen LogP contribution < -0.4 is 0 Å². The Bertz CT molecular complexity index is 205. The van der Waals surface area contributed by atoms with Gasteiger partial charge in [0.05, 0.1) is 0 Å². The Morgan fingerprint density at radius 3 is 1.76 bits per heavy atom. The molecule has 2 rings (SSSR count). The van der Waals surface area contributed by atoms with E-state index >= 15 is 0 Å². The Morgan fingerprint density at radius 1 is 0.762 bits per heavy atom. The minimum absolute atomic E-state index is 0.964. The number of hydrogen-bond donors (Lipinski definition) is 0. The third-order valence-corrected chi connectivity index (χ3v) is 4.36. The molecule has 0 N–H and O–H groups in total. The minimum atomic E-state index is 0.964. The number of piperazine rings is 1. The number of hydrogen-bond acceptors (Lipinski definition) is 3. The van der Waals surface area contributed by atoms with Gasteiger partial charge in [-0.15, -0.1) is 0 Å². The molecule has 0 aromatic rings. The van der Waals surface area contributed by atoms with Crippen LogP contribution >= 0.6 is 0 Å². The Morgan fingerprint density at radius 2 is 1.29 bits per heavy atom. The first-order valence-corrected chi connectivity index (χ1v) is 9.41. The summed E-state index contributed by atoms with van der Waals surface area (Å²) in [5.74, 6) is 0.964. The lowest BCUT2D eigenvalue weighted by atomic mass is 9.96. The van der Waals surface area contributed by atoms with Crippen LogP contribution in [0.25, 0.3) is 0 Å². The predicted octanol–water partition coefficient (Wildman–Crippen LogP) is 3.41. The first-order valence-electron chi connectivity index (χ1n) is 9.41. The topological polar surface area (TPSA) is 9.72 Å². The van der Waals surface area contributed by atoms with Crippen molar-refractivity contribution in [2.24, 2.45) is 5.92 Å². The summed E-state index contributed by atoms with van der Waals surface area (Å²) < 4.78 is 0. The first-order chi connectivity index (χ1) is 10.3. The van der Waals surface area contributed by atoms with E-state index < -0.39 is 0 Å². The number of nitrogens with zero attached hydrogens (tertiary/aromatic N) is 3. The summed E-state index contributed by atoms with van der Waals surface area (Å²) in [6.45, 7) is 20.7. The fourth-order valence-electron chi connectivity index (χ4n) is 3.10. The summed E-state index contributed by atoms with van der Waals surface area (Å²) in [6, 6.07) is 0. The zero-order valence-electron chi connectivity index (χ0n) is 15.7. The molecule has 0 radical (unpaired) electrons. The smallest absolute Gasteiger partial charge is 0.0110 e. The van der Waals surface area contributed by atoms with E-state index in [2.05, 4.69) is 28.7 Å². The largest absolute Gasteiger partial charge is 0.304 e. The second kappa shape index (κ2) is 13.5. The van der Waals surface area contributed by atoms with Gasteiger partial charge in [-0.2, -0.15) is 0 Å². The van der Waals surface area contributed by atoms with Crippen molar-refractivity contribution in [1.82, 2.24) is 14.7 Å². The van der Waals surface area contributed by atoms with Crippen molar-refractivity contribution in [2.75, 3.05) is 59.4 Å². The second-order valence-corrected chi connectivity index (χ2v) is 5.89. The molecule has 2 aliphatic heterocycles. The number of likely N-dealkylation sites (N-methyl/N-ethyl adjacent to an activating group) is 1. The molecule has 3 nitrogen and oxygen atoms in total. The predicted molar refractivity (Wildman–Crippen MR) is 96.1 cm³/mol. The highest BCUT2D eigenvalue weighted by Crippen LogP contribution is 2.19. The molecule has 0 bridgehead atoms. The van der Waals surface area contributed by atoms with Crippen molar-refractivity contribution in [3.8, 4) is 0 Å². The molecule has 3 heteroatoms. The third kappa shape index (κ3) is 8.80. The molecule has 2 saturated heterocycles. The molecule has 2 fully saturated rings. The minimum Gasteiger partial charge on any atom is -0.304 e. The summed E-state index contributed by atoms with van der Waals surface area (Å²) in [7, 11) is 2.24. The first kappa shape index (κ1) is 20.9. The maximum absolute atomic E-state index is 2.68. The van der Waals surface area contributed by atoms with Gasteiger partial charge in [-0.3, -0.25) is 0 Å². The molecule has 0 aromatic heterocycles. The van der Waals surface area contributed by atoms with Crippen LogP contribution in [0.2, 0.25) is 0 Å². The van der Waals surface area contributed by atoms with Crippen molar-refractivity contribution in [3.63, 3.8) is 0 Å². The summed E-state index contributed by atoms with van der Waals surface area (Å²) in [4.78, 5) is 7.76. The molecule has 0 aromatic carbocycles. The highest BCUT2D eigenvalue weighted by atomic mass is 15.2. The number of rotatable bonds is 4. The van der Waals surface area contributed by atoms with Gasteiger partial charge in [0, 0.05) is 32.7 Å². The lowest BCUT2D eigenvalue weighted by Crippen LogP contribution is -2.47. The summed E-state index contributed by atoms with van der Waals surface area (Å²) in [6.07, 6.45) is 4.15. The molecular formula is C18H41N3. The van der Waals surface area contributed by atoms with Gasteiger partial charge >= 0.3 is 0 Å². The lowest BCUT2D eigenvalue weighted by Gasteiger charge is -2.37. The fourth-order valence-corrected chi connectivity index (χ4v) is 3.10. The molecule has 0 amide bonds. The van der Waals surface area contributed by atoms with Crippen molar-refractivity contribution in [1.29, 1.82) is 0 Å². The molecular weight excluding hydrogens is 258 g/mol. The van der Waals surface area contributed by atoms with E-state index in [-0.39, 0.29) is 0 Å². The summed E-state index contributed by atoms with van der Waals surface area (Å²) >= 11 is 0. The maximum atomic E-state index is 2.68. The molecule has 0 spiro atoms. The molecule has 128 valence electrons. The van der Waals surface area contributed by atoms with Gasteiger partial charge in [0.25, 0.3) is 0 Å². The van der Waals surface area contributed by atoms with E-state index in [1.807, 2.05) is 27.7 Å². The lowest BCUT2D eigenvalue weighted by molar-refractivity contribution is 0.106. The van der Waals surface area contributed by atoms with Crippen molar-refractivity contribution >= 4 is 0 Å². The average Bonchev–Trinajstić information content (AvgIpc) is 2.56. The SMILES string of the molecule is CC.CC.CCCN1CCC(CN2CCN(C)CC2)CC1. The van der Waals surface area contributed by atoms with Gasteiger partial charge in [0.15, 0.2) is 0 Å². The summed E-state index contributed by atoms with van der Waals surface area (Å²) in [5, 5.41) is 0. The molecule has 0 aliphatic carbocycles. The Balaban J connectivity index is 0.000000921. The van der Waals surface area contributed by atoms with E-state index in [0.717, 1.165) is 5.92 Å². The van der Waals surface area contributed by atoms with Gasteiger partial charge in [-0.1, -0.05) is 34.6 Å². The third-order valence-electron chi connectivity index (χ3n) is 4.36. The van der Waals surface area contributed by atoms with E-state index in [9.17, 15) is 0 Å². The van der Waals surface area contributed by atoms with Crippen LogP contribution in [0.4, 0.5) is 0 Å². The molecule has 2 heterocycles. The standard InChI is InChI=1S/C14H29N3.2C2H6/c1-3-6-16-7-4-14(5-8-16)13-17-11-9-15(2)10-12-17;2*1-2/h14H,3-13H2,1-2H3;2*1-2H3. The highest BCUT2D eigenvalue weighted by molar-refractivity contribution is 4.77. The maximum Gasteiger partial charge on any atom is 0.0110 e. The quantitative estimate of drug-likeness (QED) is 0.787. The normalized spacial score (nSPS) is 22.0. The van der Waals surface area contributed by atoms with Crippen LogP contribution in [-0.2, 0) is 0 Å². The van der Waals surface area contributed by atoms with E-state index in [4.69, 9.17) is 0 Å². The zero-order valence-corrected chi connectivity index (χ0v) is 15.7. The highest BCUT2D eigenvalue weighted by Gasteiger charge is 2.22. The molecule has 21 heavy (non-hydrogen) atoms. The Kier molecular flexibility index (Phi) is 13.5. The van der Waals surface area contributed by atoms with E-state index in [1.165, 1.54) is 71.6 Å². The average molecular weight is 300 g/mol. The van der Waals surface area contributed by atoms with Crippen molar-refractivity contribution in [2.45, 2.75) is 53.9 Å². The Hall–Kier alpha value is -0.120. The number of piperidine rings is 1. The monoisotopic (exact) mass is 299 g/mol. The van der Waals surface area contributed by atoms with E-state index in [1.54, 1.807) is 0 Å². The molecule has 0 unspecified atom stereocenters. The van der Waals surface area contributed by atoms with Crippen LogP contribution in [0.5, 0.6) is 0 Å². The molecule has 2 aliphatic rings. The second-order valence-electron chi connectivity index (χ2n) is 5.89. The van der Waals surface area contributed by atoms with Crippen molar-refractivity contribution in [3.05, 3.63) is 0 Å². The van der Waals surface area contributed by atoms with Crippen LogP contribution in [0.3, 0.4) is 0 Å². The van der Waals surface area contributed by atoms with Gasteiger partial charge in [0.2, 0.25) is 0 Å². The summed E-state index contributed by atoms with van der Waals surface area (Å²) in [5.41, 5.74) is 0. The number of likely N-dealkylation sites (tertiary alicyclic amines) is 1. The van der Waals surface area contributed by atoms with Crippen LogP contribution in [0.15, 0.2) is 0 Å². The van der Waals surface area contributed by atoms with Gasteiger partial charge in [-0.05, 0) is 51.9 Å². The van der Waals surface area contributed by atoms with Crippen LogP contribution in [0, 0.1) is 5.92 Å². The molecule has 0 saturated carbocycles. The van der Waals surface area contributed by atoms with Gasteiger partial charge < -0.3 is 14.7 Å². The molecule has 0 atom stereocenters. The van der Waals surface area contributed by atoms with Gasteiger partial charge in [0.1, 0.15) is 0 Å². The Labute approximate surface area is 134 Å². The van der Waals surface area contributed by atoms with Crippen molar-refractivity contribution < 1.29 is 0 Å². The van der Waals surface area contributed by atoms with Crippen LogP contribution in [0.1, 0.15) is 53.9 Å². The fraction of sp³-hybridized carbons (Fsp3) is 1.00. The van der Waals surface area contributed by atoms with Gasteiger partial charge in [-0.25, -0.2) is 0 Å².